The fourth-order valence-electron chi connectivity index (χ4n) is 4.18. The number of rotatable bonds is 5. The number of likely N-dealkylation sites (N-methyl/N-ethyl adjacent to an activating group) is 1. The van der Waals surface area contributed by atoms with Crippen molar-refractivity contribution in [1.82, 2.24) is 30.2 Å². The van der Waals surface area contributed by atoms with E-state index in [1.54, 1.807) is 10.9 Å². The Morgan fingerprint density at radius 3 is 3.03 bits per heavy atom. The SMILES string of the molecule is CNC(=O)[C@@]12CNC(C1O)[C@H](n1cnc3c(NCc4ccccc4N)ncnc31)O2. The van der Waals surface area contributed by atoms with Crippen molar-refractivity contribution in [2.75, 3.05) is 24.6 Å². The molecule has 0 aliphatic carbocycles. The van der Waals surface area contributed by atoms with E-state index in [0.29, 0.717) is 29.2 Å². The Morgan fingerprint density at radius 2 is 2.23 bits per heavy atom. The van der Waals surface area contributed by atoms with E-state index in [4.69, 9.17) is 10.5 Å². The van der Waals surface area contributed by atoms with Crippen LogP contribution in [-0.2, 0) is 16.1 Å². The van der Waals surface area contributed by atoms with Crippen LogP contribution >= 0.6 is 0 Å². The molecule has 6 N–H and O–H groups in total. The summed E-state index contributed by atoms with van der Waals surface area (Å²) in [6, 6.07) is 7.12. The quantitative estimate of drug-likeness (QED) is 0.346. The minimum absolute atomic E-state index is 0.238. The van der Waals surface area contributed by atoms with Gasteiger partial charge in [-0.25, -0.2) is 15.0 Å². The number of fused-ring (bicyclic) bond motifs is 3. The first-order valence-electron chi connectivity index (χ1n) is 9.61. The molecule has 2 unspecified atom stereocenters. The fourth-order valence-corrected chi connectivity index (χ4v) is 4.18. The van der Waals surface area contributed by atoms with Crippen molar-refractivity contribution < 1.29 is 14.6 Å². The van der Waals surface area contributed by atoms with Gasteiger partial charge >= 0.3 is 0 Å². The molecule has 1 aromatic carbocycles. The van der Waals surface area contributed by atoms with E-state index in [9.17, 15) is 9.90 Å². The van der Waals surface area contributed by atoms with Gasteiger partial charge in [-0.2, -0.15) is 0 Å². The Morgan fingerprint density at radius 1 is 1.40 bits per heavy atom. The maximum atomic E-state index is 12.4. The number of ether oxygens (including phenoxy) is 1. The smallest absolute Gasteiger partial charge is 0.256 e. The number of nitrogens with two attached hydrogens (primary N) is 1. The molecule has 2 bridgehead atoms. The van der Waals surface area contributed by atoms with Gasteiger partial charge in [-0.05, 0) is 11.6 Å². The zero-order valence-corrected chi connectivity index (χ0v) is 16.2. The van der Waals surface area contributed by atoms with E-state index in [-0.39, 0.29) is 12.5 Å². The zero-order chi connectivity index (χ0) is 20.9. The summed E-state index contributed by atoms with van der Waals surface area (Å²) in [5.74, 6) is 0.189. The maximum Gasteiger partial charge on any atom is 0.256 e. The molecule has 4 atom stereocenters. The Balaban J connectivity index is 1.45. The predicted molar refractivity (Wildman–Crippen MR) is 108 cm³/mol. The molecular formula is C19H22N8O3. The third-order valence-electron chi connectivity index (χ3n) is 5.80. The number of carbonyl (C=O) groups excluding carboxylic acids is 1. The second kappa shape index (κ2) is 6.90. The molecule has 2 aromatic heterocycles. The Hall–Kier alpha value is -3.28. The topological polar surface area (TPSA) is 152 Å². The monoisotopic (exact) mass is 410 g/mol. The highest BCUT2D eigenvalue weighted by Gasteiger charge is 2.64. The lowest BCUT2D eigenvalue weighted by Crippen LogP contribution is -2.54. The Kier molecular flexibility index (Phi) is 4.31. The molecule has 0 saturated carbocycles. The van der Waals surface area contributed by atoms with E-state index < -0.39 is 24.0 Å². The number of anilines is 2. The van der Waals surface area contributed by atoms with Crippen LogP contribution in [0.4, 0.5) is 11.5 Å². The van der Waals surface area contributed by atoms with Crippen molar-refractivity contribution in [3.63, 3.8) is 0 Å². The number of aromatic nitrogens is 4. The summed E-state index contributed by atoms with van der Waals surface area (Å²) in [6.45, 7) is 0.718. The first-order chi connectivity index (χ1) is 14.5. The van der Waals surface area contributed by atoms with Crippen LogP contribution in [0.5, 0.6) is 0 Å². The van der Waals surface area contributed by atoms with Crippen molar-refractivity contribution >= 4 is 28.6 Å². The number of carbonyl (C=O) groups is 1. The van der Waals surface area contributed by atoms with Crippen LogP contribution in [-0.4, -0.2) is 61.9 Å². The molecule has 1 amide bonds. The largest absolute Gasteiger partial charge is 0.398 e. The first-order valence-corrected chi connectivity index (χ1v) is 9.61. The Bertz CT molecular complexity index is 1120. The van der Waals surface area contributed by atoms with E-state index in [1.807, 2.05) is 24.3 Å². The summed E-state index contributed by atoms with van der Waals surface area (Å²) in [4.78, 5) is 25.5. The summed E-state index contributed by atoms with van der Waals surface area (Å²) in [7, 11) is 1.52. The average Bonchev–Trinajstić information content (AvgIpc) is 3.42. The molecule has 2 fully saturated rings. The molecule has 0 radical (unpaired) electrons. The van der Waals surface area contributed by atoms with Crippen LogP contribution in [0.2, 0.25) is 0 Å². The molecule has 4 heterocycles. The summed E-state index contributed by atoms with van der Waals surface area (Å²) >= 11 is 0. The Labute approximate surface area is 171 Å². The molecule has 156 valence electrons. The van der Waals surface area contributed by atoms with Crippen molar-refractivity contribution in [3.05, 3.63) is 42.5 Å². The van der Waals surface area contributed by atoms with Crippen molar-refractivity contribution in [2.24, 2.45) is 0 Å². The molecule has 2 saturated heterocycles. The number of nitrogen functional groups attached to an aromatic ring is 1. The molecule has 11 heteroatoms. The number of imidazole rings is 1. The summed E-state index contributed by atoms with van der Waals surface area (Å²) < 4.78 is 7.76. The first kappa shape index (κ1) is 18.7. The number of benzene rings is 1. The average molecular weight is 410 g/mol. The van der Waals surface area contributed by atoms with Gasteiger partial charge in [-0.1, -0.05) is 18.2 Å². The molecule has 3 aromatic rings. The van der Waals surface area contributed by atoms with Gasteiger partial charge in [0, 0.05) is 25.8 Å². The van der Waals surface area contributed by atoms with Gasteiger partial charge in [0.15, 0.2) is 28.8 Å². The summed E-state index contributed by atoms with van der Waals surface area (Å²) in [6.07, 6.45) is 1.39. The van der Waals surface area contributed by atoms with Gasteiger partial charge in [0.2, 0.25) is 0 Å². The van der Waals surface area contributed by atoms with Crippen LogP contribution < -0.4 is 21.7 Å². The van der Waals surface area contributed by atoms with Gasteiger partial charge in [-0.3, -0.25) is 9.36 Å². The minimum Gasteiger partial charge on any atom is -0.398 e. The van der Waals surface area contributed by atoms with Crippen molar-refractivity contribution in [1.29, 1.82) is 0 Å². The molecule has 30 heavy (non-hydrogen) atoms. The van der Waals surface area contributed by atoms with Gasteiger partial charge in [0.05, 0.1) is 12.4 Å². The van der Waals surface area contributed by atoms with Gasteiger partial charge in [0.25, 0.3) is 5.91 Å². The number of aliphatic hydroxyl groups excluding tert-OH is 1. The molecule has 0 spiro atoms. The molecule has 2 aliphatic heterocycles. The lowest BCUT2D eigenvalue weighted by atomic mass is 9.98. The summed E-state index contributed by atoms with van der Waals surface area (Å²) in [5.41, 5.74) is 7.40. The van der Waals surface area contributed by atoms with E-state index in [1.165, 1.54) is 13.4 Å². The number of nitrogens with one attached hydrogen (secondary N) is 3. The number of morpholine rings is 1. The van der Waals surface area contributed by atoms with Crippen molar-refractivity contribution in [2.45, 2.75) is 30.5 Å². The van der Waals surface area contributed by atoms with E-state index >= 15 is 0 Å². The van der Waals surface area contributed by atoms with Gasteiger partial charge < -0.3 is 31.5 Å². The number of hydrogen-bond donors (Lipinski definition) is 5. The lowest BCUT2D eigenvalue weighted by Gasteiger charge is -2.30. The van der Waals surface area contributed by atoms with E-state index in [2.05, 4.69) is 30.9 Å². The van der Waals surface area contributed by atoms with Gasteiger partial charge in [-0.15, -0.1) is 0 Å². The number of amides is 1. The van der Waals surface area contributed by atoms with E-state index in [0.717, 1.165) is 5.56 Å². The number of hydrogen-bond acceptors (Lipinski definition) is 9. The highest BCUT2D eigenvalue weighted by atomic mass is 16.6. The van der Waals surface area contributed by atoms with Crippen LogP contribution in [0.3, 0.4) is 0 Å². The van der Waals surface area contributed by atoms with Crippen LogP contribution in [0.25, 0.3) is 11.2 Å². The minimum atomic E-state index is -1.33. The standard InChI is InChI=1S/C19H22N8O3/c1-21-18(29)19-7-23-12(14(19)28)17(30-19)27-9-26-13-15(24-8-25-16(13)27)22-6-10-4-2-3-5-11(10)20/h2-5,8-9,12,14,17,23,28H,6-7,20H2,1H3,(H,21,29)(H,22,24,25)/t12?,14?,17-,19-/m1/s1. The maximum absolute atomic E-state index is 12.4. The number of nitrogens with zero attached hydrogens (tertiary/aromatic N) is 4. The number of aliphatic hydroxyl groups is 1. The fraction of sp³-hybridized carbons (Fsp3) is 0.368. The molecular weight excluding hydrogens is 388 g/mol. The van der Waals surface area contributed by atoms with Crippen LogP contribution in [0.1, 0.15) is 11.8 Å². The normalized spacial score (nSPS) is 27.5. The highest BCUT2D eigenvalue weighted by molar-refractivity contribution is 5.87. The van der Waals surface area contributed by atoms with Crippen molar-refractivity contribution in [3.8, 4) is 0 Å². The molecule has 11 nitrogen and oxygen atoms in total. The second-order valence-corrected chi connectivity index (χ2v) is 7.43. The predicted octanol–water partition coefficient (Wildman–Crippen LogP) is -0.633. The third-order valence-corrected chi connectivity index (χ3v) is 5.80. The van der Waals surface area contributed by atoms with Crippen LogP contribution in [0, 0.1) is 0 Å². The molecule has 5 rings (SSSR count). The summed E-state index contributed by atoms with van der Waals surface area (Å²) in [5, 5.41) is 19.7. The molecule has 2 aliphatic rings. The van der Waals surface area contributed by atoms with Gasteiger partial charge in [0.1, 0.15) is 12.4 Å². The lowest BCUT2D eigenvalue weighted by molar-refractivity contribution is -0.158. The third kappa shape index (κ3) is 2.63. The highest BCUT2D eigenvalue weighted by Crippen LogP contribution is 2.42. The zero-order valence-electron chi connectivity index (χ0n) is 16.2. The second-order valence-electron chi connectivity index (χ2n) is 7.43. The number of para-hydroxylation sites is 1. The van der Waals surface area contributed by atoms with Crippen LogP contribution in [0.15, 0.2) is 36.9 Å².